The van der Waals surface area contributed by atoms with E-state index in [1.54, 1.807) is 0 Å². The van der Waals surface area contributed by atoms with Gasteiger partial charge >= 0.3 is 6.18 Å². The molecule has 154 valence electrons. The highest BCUT2D eigenvalue weighted by atomic mass is 19.4. The van der Waals surface area contributed by atoms with Crippen molar-refractivity contribution in [2.24, 2.45) is 0 Å². The molecule has 0 unspecified atom stereocenters. The van der Waals surface area contributed by atoms with E-state index >= 15 is 0 Å². The van der Waals surface area contributed by atoms with Crippen LogP contribution in [0.4, 0.5) is 17.6 Å². The lowest BCUT2D eigenvalue weighted by Gasteiger charge is -2.10. The first-order valence-corrected chi connectivity index (χ1v) is 8.07. The number of ether oxygens (including phenoxy) is 1. The minimum Gasteiger partial charge on any atom is -0.481 e. The lowest BCUT2D eigenvalue weighted by Crippen LogP contribution is -2.47. The van der Waals surface area contributed by atoms with Crippen molar-refractivity contribution >= 4 is 17.7 Å². The zero-order valence-electron chi connectivity index (χ0n) is 14.7. The second-order valence-corrected chi connectivity index (χ2v) is 5.57. The first kappa shape index (κ1) is 21.7. The summed E-state index contributed by atoms with van der Waals surface area (Å²) in [6, 6.07) is 8.84. The molecule has 3 N–H and O–H groups in total. The molecule has 0 radical (unpaired) electrons. The van der Waals surface area contributed by atoms with E-state index in [4.69, 9.17) is 4.74 Å². The monoisotopic (exact) mass is 413 g/mol. The maximum Gasteiger partial charge on any atom is 0.416 e. The van der Waals surface area contributed by atoms with Gasteiger partial charge < -0.3 is 10.1 Å². The quantitative estimate of drug-likeness (QED) is 0.497. The van der Waals surface area contributed by atoms with Crippen LogP contribution in [-0.2, 0) is 15.8 Å². The van der Waals surface area contributed by atoms with Crippen molar-refractivity contribution in [1.82, 2.24) is 16.2 Å². The minimum absolute atomic E-state index is 0.0758. The molecule has 2 rings (SSSR count). The Balaban J connectivity index is 1.71. The van der Waals surface area contributed by atoms with Crippen LogP contribution in [-0.4, -0.2) is 30.9 Å². The third kappa shape index (κ3) is 6.79. The largest absolute Gasteiger partial charge is 0.481 e. The summed E-state index contributed by atoms with van der Waals surface area (Å²) in [6.45, 7) is -1.12. The molecule has 2 aromatic carbocycles. The molecule has 0 saturated carbocycles. The van der Waals surface area contributed by atoms with Gasteiger partial charge in [-0.3, -0.25) is 25.2 Å². The van der Waals surface area contributed by atoms with Crippen LogP contribution in [0, 0.1) is 5.82 Å². The van der Waals surface area contributed by atoms with Gasteiger partial charge in [-0.2, -0.15) is 13.2 Å². The SMILES string of the molecule is O=C(CNC(=O)c1ccc(C(F)(F)F)cc1)NNC(=O)COc1ccccc1F. The zero-order chi connectivity index (χ0) is 21.4. The van der Waals surface area contributed by atoms with Gasteiger partial charge in [0.2, 0.25) is 0 Å². The number of carbonyl (C=O) groups is 3. The van der Waals surface area contributed by atoms with Crippen LogP contribution in [0.3, 0.4) is 0 Å². The van der Waals surface area contributed by atoms with E-state index in [1.807, 2.05) is 10.9 Å². The molecule has 0 aliphatic heterocycles. The van der Waals surface area contributed by atoms with Crippen molar-refractivity contribution < 1.29 is 36.7 Å². The number of hydrogen-bond donors (Lipinski definition) is 3. The van der Waals surface area contributed by atoms with Crippen LogP contribution in [0.1, 0.15) is 15.9 Å². The molecular weight excluding hydrogens is 398 g/mol. The summed E-state index contributed by atoms with van der Waals surface area (Å²) < 4.78 is 55.7. The fourth-order valence-corrected chi connectivity index (χ4v) is 2.00. The van der Waals surface area contributed by atoms with E-state index in [0.717, 1.165) is 30.3 Å². The van der Waals surface area contributed by atoms with Crippen LogP contribution in [0.5, 0.6) is 5.75 Å². The molecular formula is C18H15F4N3O4. The molecule has 0 spiro atoms. The Morgan fingerprint density at radius 3 is 2.14 bits per heavy atom. The Morgan fingerprint density at radius 2 is 1.52 bits per heavy atom. The predicted molar refractivity (Wildman–Crippen MR) is 92.0 cm³/mol. The van der Waals surface area contributed by atoms with Crippen molar-refractivity contribution in [2.45, 2.75) is 6.18 Å². The zero-order valence-corrected chi connectivity index (χ0v) is 14.7. The number of para-hydroxylation sites is 1. The normalized spacial score (nSPS) is 10.8. The molecule has 0 atom stereocenters. The van der Waals surface area contributed by atoms with E-state index in [1.165, 1.54) is 18.2 Å². The van der Waals surface area contributed by atoms with Crippen LogP contribution < -0.4 is 20.9 Å². The van der Waals surface area contributed by atoms with Crippen molar-refractivity contribution in [2.75, 3.05) is 13.2 Å². The van der Waals surface area contributed by atoms with Gasteiger partial charge in [0.25, 0.3) is 17.7 Å². The van der Waals surface area contributed by atoms with E-state index in [2.05, 4.69) is 5.32 Å². The summed E-state index contributed by atoms with van der Waals surface area (Å²) in [4.78, 5) is 35.0. The molecule has 0 saturated heterocycles. The molecule has 0 aromatic heterocycles. The van der Waals surface area contributed by atoms with Crippen LogP contribution >= 0.6 is 0 Å². The van der Waals surface area contributed by atoms with Crippen molar-refractivity contribution in [3.63, 3.8) is 0 Å². The Kier molecular flexibility index (Phi) is 7.12. The highest BCUT2D eigenvalue weighted by molar-refractivity contribution is 5.96. The predicted octanol–water partition coefficient (Wildman–Crippen LogP) is 1.80. The third-order valence-corrected chi connectivity index (χ3v) is 3.42. The summed E-state index contributed by atoms with van der Waals surface area (Å²) >= 11 is 0. The first-order valence-electron chi connectivity index (χ1n) is 8.07. The van der Waals surface area contributed by atoms with Gasteiger partial charge in [-0.1, -0.05) is 12.1 Å². The van der Waals surface area contributed by atoms with Crippen molar-refractivity contribution in [1.29, 1.82) is 0 Å². The maximum absolute atomic E-state index is 13.3. The summed E-state index contributed by atoms with van der Waals surface area (Å²) in [5.74, 6) is -3.16. The van der Waals surface area contributed by atoms with Gasteiger partial charge in [-0.15, -0.1) is 0 Å². The Bertz CT molecular complexity index is 885. The average molecular weight is 413 g/mol. The summed E-state index contributed by atoms with van der Waals surface area (Å²) in [5.41, 5.74) is 3.01. The molecule has 11 heteroatoms. The average Bonchev–Trinajstić information content (AvgIpc) is 2.69. The van der Waals surface area contributed by atoms with Gasteiger partial charge in [0.05, 0.1) is 12.1 Å². The topological polar surface area (TPSA) is 96.5 Å². The highest BCUT2D eigenvalue weighted by Crippen LogP contribution is 2.29. The van der Waals surface area contributed by atoms with E-state index in [0.29, 0.717) is 0 Å². The fraction of sp³-hybridized carbons (Fsp3) is 0.167. The minimum atomic E-state index is -4.52. The number of alkyl halides is 3. The van der Waals surface area contributed by atoms with E-state index in [-0.39, 0.29) is 11.3 Å². The van der Waals surface area contributed by atoms with Gasteiger partial charge in [0, 0.05) is 5.56 Å². The smallest absolute Gasteiger partial charge is 0.416 e. The van der Waals surface area contributed by atoms with Crippen molar-refractivity contribution in [3.05, 3.63) is 65.5 Å². The standard InChI is InChI=1S/C18H15F4N3O4/c19-13-3-1-2-4-14(13)29-10-16(27)25-24-15(26)9-23-17(28)11-5-7-12(8-6-11)18(20,21)22/h1-8H,9-10H2,(H,23,28)(H,24,26)(H,25,27). The van der Waals surface area contributed by atoms with Crippen LogP contribution in [0.25, 0.3) is 0 Å². The molecule has 2 aromatic rings. The van der Waals surface area contributed by atoms with Crippen LogP contribution in [0.15, 0.2) is 48.5 Å². The number of rotatable bonds is 6. The number of nitrogens with one attached hydrogen (secondary N) is 3. The number of carbonyl (C=O) groups excluding carboxylic acids is 3. The van der Waals surface area contributed by atoms with E-state index in [9.17, 15) is 31.9 Å². The molecule has 0 heterocycles. The van der Waals surface area contributed by atoms with Gasteiger partial charge in [-0.05, 0) is 36.4 Å². The summed E-state index contributed by atoms with van der Waals surface area (Å²) in [5, 5.41) is 2.18. The first-order chi connectivity index (χ1) is 13.7. The van der Waals surface area contributed by atoms with E-state index < -0.39 is 48.4 Å². The van der Waals surface area contributed by atoms with Gasteiger partial charge in [0.1, 0.15) is 0 Å². The number of hydrazine groups is 1. The molecule has 3 amide bonds. The summed E-state index contributed by atoms with van der Waals surface area (Å²) in [6.07, 6.45) is -4.52. The number of halogens is 4. The van der Waals surface area contributed by atoms with Gasteiger partial charge in [0.15, 0.2) is 18.2 Å². The Hall–Kier alpha value is -3.63. The maximum atomic E-state index is 13.3. The third-order valence-electron chi connectivity index (χ3n) is 3.42. The van der Waals surface area contributed by atoms with Crippen molar-refractivity contribution in [3.8, 4) is 5.75 Å². The number of benzene rings is 2. The number of amides is 3. The summed E-state index contributed by atoms with van der Waals surface area (Å²) in [7, 11) is 0. The molecule has 0 aliphatic carbocycles. The molecule has 0 bridgehead atoms. The van der Waals surface area contributed by atoms with Crippen LogP contribution in [0.2, 0.25) is 0 Å². The van der Waals surface area contributed by atoms with Gasteiger partial charge in [-0.25, -0.2) is 4.39 Å². The molecule has 29 heavy (non-hydrogen) atoms. The fourth-order valence-electron chi connectivity index (χ4n) is 2.00. The lowest BCUT2D eigenvalue weighted by atomic mass is 10.1. The molecule has 0 fully saturated rings. The Labute approximate surface area is 162 Å². The Morgan fingerprint density at radius 1 is 0.897 bits per heavy atom. The molecule has 7 nitrogen and oxygen atoms in total. The lowest BCUT2D eigenvalue weighted by molar-refractivity contribution is -0.137. The highest BCUT2D eigenvalue weighted by Gasteiger charge is 2.30. The second kappa shape index (κ2) is 9.53. The molecule has 0 aliphatic rings. The number of hydrogen-bond acceptors (Lipinski definition) is 4. The second-order valence-electron chi connectivity index (χ2n) is 5.57.